The van der Waals surface area contributed by atoms with Gasteiger partial charge in [0.05, 0.1) is 5.92 Å². The third-order valence-corrected chi connectivity index (χ3v) is 6.20. The molecule has 0 aromatic heterocycles. The van der Waals surface area contributed by atoms with Gasteiger partial charge in [-0.1, -0.05) is 102 Å². The van der Waals surface area contributed by atoms with E-state index in [1.165, 1.54) is 75.3 Å². The Morgan fingerprint density at radius 3 is 2.04 bits per heavy atom. The van der Waals surface area contributed by atoms with Gasteiger partial charge in [0.25, 0.3) is 0 Å². The van der Waals surface area contributed by atoms with Gasteiger partial charge >= 0.3 is 5.97 Å². The van der Waals surface area contributed by atoms with Crippen LogP contribution in [-0.2, 0) is 16.0 Å². The molecule has 2 heteroatoms. The van der Waals surface area contributed by atoms with Crippen LogP contribution in [0.1, 0.15) is 121 Å². The largest absolute Gasteiger partial charge is 0.457 e. The van der Waals surface area contributed by atoms with Crippen molar-refractivity contribution in [2.45, 2.75) is 116 Å². The number of carbonyl (C=O) groups excluding carboxylic acids is 1. The van der Waals surface area contributed by atoms with Gasteiger partial charge in [0.2, 0.25) is 0 Å². The van der Waals surface area contributed by atoms with Gasteiger partial charge in [-0.25, -0.2) is 0 Å². The van der Waals surface area contributed by atoms with Crippen LogP contribution in [0.5, 0.6) is 0 Å². The van der Waals surface area contributed by atoms with Gasteiger partial charge < -0.3 is 4.74 Å². The standard InChI is InChI=1S/C26H42O2/c1-3-5-7-9-11-12-14-22-16-18-23(19-17-22)25-21-20-24(26(27)28-25)15-13-10-8-6-4-2/h16-19,24-25H,3-15,20-21H2,1-2H3. The Morgan fingerprint density at radius 1 is 0.786 bits per heavy atom. The van der Waals surface area contributed by atoms with E-state index in [1.807, 2.05) is 0 Å². The molecular formula is C26H42O2. The van der Waals surface area contributed by atoms with E-state index in [0.717, 1.165) is 32.1 Å². The number of rotatable bonds is 14. The molecule has 1 aromatic carbocycles. The highest BCUT2D eigenvalue weighted by Crippen LogP contribution is 2.33. The SMILES string of the molecule is CCCCCCCCc1ccc(C2CCC(CCCCCCC)C(=O)O2)cc1. The molecule has 0 spiro atoms. The highest BCUT2D eigenvalue weighted by molar-refractivity contribution is 5.73. The molecule has 2 rings (SSSR count). The Labute approximate surface area is 173 Å². The number of cyclic esters (lactones) is 1. The van der Waals surface area contributed by atoms with Gasteiger partial charge in [0, 0.05) is 0 Å². The summed E-state index contributed by atoms with van der Waals surface area (Å²) < 4.78 is 5.80. The second-order valence-corrected chi connectivity index (χ2v) is 8.66. The van der Waals surface area contributed by atoms with Crippen molar-refractivity contribution in [3.63, 3.8) is 0 Å². The van der Waals surface area contributed by atoms with Crippen LogP contribution in [-0.4, -0.2) is 5.97 Å². The normalized spacial score (nSPS) is 19.6. The maximum absolute atomic E-state index is 12.4. The van der Waals surface area contributed by atoms with E-state index in [0.29, 0.717) is 0 Å². The van der Waals surface area contributed by atoms with Gasteiger partial charge in [-0.3, -0.25) is 4.79 Å². The molecule has 0 aliphatic carbocycles. The first kappa shape index (κ1) is 23.0. The smallest absolute Gasteiger partial charge is 0.309 e. The van der Waals surface area contributed by atoms with Crippen LogP contribution in [0.3, 0.4) is 0 Å². The third kappa shape index (κ3) is 8.37. The van der Waals surface area contributed by atoms with Gasteiger partial charge in [-0.05, 0) is 43.2 Å². The van der Waals surface area contributed by atoms with Crippen LogP contribution < -0.4 is 0 Å². The molecule has 0 radical (unpaired) electrons. The Morgan fingerprint density at radius 2 is 1.39 bits per heavy atom. The Kier molecular flexibility index (Phi) is 11.3. The minimum absolute atomic E-state index is 0.0305. The van der Waals surface area contributed by atoms with E-state index < -0.39 is 0 Å². The lowest BCUT2D eigenvalue weighted by Crippen LogP contribution is -2.26. The summed E-state index contributed by atoms with van der Waals surface area (Å²) in [6.45, 7) is 4.50. The lowest BCUT2D eigenvalue weighted by Gasteiger charge is -2.28. The maximum Gasteiger partial charge on any atom is 0.309 e. The van der Waals surface area contributed by atoms with E-state index in [4.69, 9.17) is 4.74 Å². The maximum atomic E-state index is 12.4. The molecular weight excluding hydrogens is 344 g/mol. The molecule has 0 amide bonds. The number of benzene rings is 1. The van der Waals surface area contributed by atoms with Crippen molar-refractivity contribution in [1.29, 1.82) is 0 Å². The fourth-order valence-corrected chi connectivity index (χ4v) is 4.27. The fraction of sp³-hybridized carbons (Fsp3) is 0.731. The molecule has 2 atom stereocenters. The summed E-state index contributed by atoms with van der Waals surface area (Å²) in [6, 6.07) is 8.81. The van der Waals surface area contributed by atoms with Crippen molar-refractivity contribution in [2.24, 2.45) is 5.92 Å². The molecule has 1 aliphatic heterocycles. The van der Waals surface area contributed by atoms with E-state index in [1.54, 1.807) is 0 Å². The van der Waals surface area contributed by atoms with Crippen LogP contribution in [0.2, 0.25) is 0 Å². The topological polar surface area (TPSA) is 26.3 Å². The monoisotopic (exact) mass is 386 g/mol. The minimum atomic E-state index is -0.0352. The van der Waals surface area contributed by atoms with E-state index >= 15 is 0 Å². The van der Waals surface area contributed by atoms with E-state index in [9.17, 15) is 4.79 Å². The minimum Gasteiger partial charge on any atom is -0.457 e. The summed E-state index contributed by atoms with van der Waals surface area (Å²) in [5.41, 5.74) is 2.58. The van der Waals surface area contributed by atoms with Crippen LogP contribution in [0.4, 0.5) is 0 Å². The molecule has 0 saturated carbocycles. The van der Waals surface area contributed by atoms with E-state index in [2.05, 4.69) is 38.1 Å². The number of ether oxygens (including phenoxy) is 1. The first-order valence-electron chi connectivity index (χ1n) is 12.0. The molecule has 2 unspecified atom stereocenters. The Bertz CT molecular complexity index is 534. The van der Waals surface area contributed by atoms with Crippen molar-refractivity contribution in [2.75, 3.05) is 0 Å². The lowest BCUT2D eigenvalue weighted by molar-refractivity contribution is -0.161. The molecule has 0 bridgehead atoms. The van der Waals surface area contributed by atoms with Crippen molar-refractivity contribution in [3.8, 4) is 0 Å². The zero-order valence-corrected chi connectivity index (χ0v) is 18.4. The summed E-state index contributed by atoms with van der Waals surface area (Å²) in [5.74, 6) is 0.160. The molecule has 1 aliphatic rings. The number of esters is 1. The van der Waals surface area contributed by atoms with Crippen LogP contribution in [0.25, 0.3) is 0 Å². The molecule has 158 valence electrons. The summed E-state index contributed by atoms with van der Waals surface area (Å²) in [4.78, 5) is 12.4. The fourth-order valence-electron chi connectivity index (χ4n) is 4.27. The van der Waals surface area contributed by atoms with Gasteiger partial charge in [0.1, 0.15) is 6.10 Å². The Balaban J connectivity index is 1.68. The summed E-state index contributed by atoms with van der Waals surface area (Å²) in [7, 11) is 0. The van der Waals surface area contributed by atoms with Gasteiger partial charge in [0.15, 0.2) is 0 Å². The second-order valence-electron chi connectivity index (χ2n) is 8.66. The number of hydrogen-bond donors (Lipinski definition) is 0. The average Bonchev–Trinajstić information content (AvgIpc) is 2.72. The molecule has 28 heavy (non-hydrogen) atoms. The number of hydrogen-bond acceptors (Lipinski definition) is 2. The van der Waals surface area contributed by atoms with Crippen molar-refractivity contribution < 1.29 is 9.53 Å². The number of unbranched alkanes of at least 4 members (excludes halogenated alkanes) is 9. The first-order valence-corrected chi connectivity index (χ1v) is 12.0. The zero-order chi connectivity index (χ0) is 20.0. The molecule has 1 fully saturated rings. The van der Waals surface area contributed by atoms with Crippen LogP contribution >= 0.6 is 0 Å². The summed E-state index contributed by atoms with van der Waals surface area (Å²) in [5, 5.41) is 0. The number of carbonyl (C=O) groups is 1. The predicted octanol–water partition coefficient (Wildman–Crippen LogP) is 7.94. The molecule has 0 N–H and O–H groups in total. The highest BCUT2D eigenvalue weighted by atomic mass is 16.5. The summed E-state index contributed by atoms with van der Waals surface area (Å²) in [6.07, 6.45) is 18.4. The van der Waals surface area contributed by atoms with Crippen LogP contribution in [0.15, 0.2) is 24.3 Å². The first-order chi connectivity index (χ1) is 13.7. The molecule has 1 heterocycles. The second kappa shape index (κ2) is 13.8. The zero-order valence-electron chi connectivity index (χ0n) is 18.4. The van der Waals surface area contributed by atoms with Crippen molar-refractivity contribution in [3.05, 3.63) is 35.4 Å². The number of aryl methyl sites for hydroxylation is 1. The quantitative estimate of drug-likeness (QED) is 0.239. The highest BCUT2D eigenvalue weighted by Gasteiger charge is 2.30. The van der Waals surface area contributed by atoms with Gasteiger partial charge in [-0.15, -0.1) is 0 Å². The molecule has 1 aromatic rings. The molecule has 2 nitrogen and oxygen atoms in total. The Hall–Kier alpha value is -1.31. The van der Waals surface area contributed by atoms with Gasteiger partial charge in [-0.2, -0.15) is 0 Å². The average molecular weight is 387 g/mol. The predicted molar refractivity (Wildman–Crippen MR) is 118 cm³/mol. The van der Waals surface area contributed by atoms with Crippen molar-refractivity contribution in [1.82, 2.24) is 0 Å². The van der Waals surface area contributed by atoms with Crippen molar-refractivity contribution >= 4 is 5.97 Å². The third-order valence-electron chi connectivity index (χ3n) is 6.20. The molecule has 1 saturated heterocycles. The van der Waals surface area contributed by atoms with E-state index in [-0.39, 0.29) is 18.0 Å². The lowest BCUT2D eigenvalue weighted by atomic mass is 9.90. The summed E-state index contributed by atoms with van der Waals surface area (Å²) >= 11 is 0. The van der Waals surface area contributed by atoms with Crippen LogP contribution in [0, 0.1) is 5.92 Å².